The van der Waals surface area contributed by atoms with E-state index in [2.05, 4.69) is 55.6 Å². The highest BCUT2D eigenvalue weighted by molar-refractivity contribution is 7.86. The van der Waals surface area contributed by atoms with Crippen molar-refractivity contribution >= 4 is 39.8 Å². The van der Waals surface area contributed by atoms with Gasteiger partial charge in [0.1, 0.15) is 51.4 Å². The maximum atomic E-state index is 12.5. The maximum Gasteiger partial charge on any atom is 0.573 e. The molecule has 5 amide bonds. The van der Waals surface area contributed by atoms with Crippen LogP contribution >= 0.6 is 0 Å². The number of hydrogen-bond donors (Lipinski definition) is 6. The number of aromatic nitrogens is 4. The zero-order valence-electron chi connectivity index (χ0n) is 58.0. The van der Waals surface area contributed by atoms with E-state index < -0.39 is 47.3 Å². The number of azide groups is 1. The lowest BCUT2D eigenvalue weighted by molar-refractivity contribution is -0.275. The Balaban J connectivity index is 0.000000168. The van der Waals surface area contributed by atoms with Crippen LogP contribution in [0.1, 0.15) is 113 Å². The molecule has 0 saturated carbocycles. The van der Waals surface area contributed by atoms with Crippen molar-refractivity contribution in [1.82, 2.24) is 44.9 Å². The first-order valence-corrected chi connectivity index (χ1v) is 34.9. The zero-order valence-corrected chi connectivity index (χ0v) is 58.8. The summed E-state index contributed by atoms with van der Waals surface area (Å²) in [6.07, 6.45) is -10.1. The second kappa shape index (κ2) is 34.3. The first-order valence-electron chi connectivity index (χ1n) is 33.1. The highest BCUT2D eigenvalue weighted by Gasteiger charge is 2.36. The highest BCUT2D eigenvalue weighted by atomic mass is 32.2. The molecule has 4 aliphatic heterocycles. The molecule has 4 aromatic heterocycles. The third-order valence-corrected chi connectivity index (χ3v) is 17.1. The third-order valence-electron chi connectivity index (χ3n) is 16.5. The highest BCUT2D eigenvalue weighted by Crippen LogP contribution is 2.37. The van der Waals surface area contributed by atoms with E-state index in [0.717, 1.165) is 6.26 Å². The molecule has 12 rings (SSSR count). The van der Waals surface area contributed by atoms with Crippen molar-refractivity contribution in [2.75, 3.05) is 58.7 Å². The first-order chi connectivity index (χ1) is 51.2. The Morgan fingerprint density at radius 1 is 0.495 bits per heavy atom. The van der Waals surface area contributed by atoms with Crippen molar-refractivity contribution in [2.45, 2.75) is 102 Å². The summed E-state index contributed by atoms with van der Waals surface area (Å²) in [7, 11) is -3.57. The monoisotopic (exact) mass is 1560 g/mol. The minimum absolute atomic E-state index is 0.0254. The van der Waals surface area contributed by atoms with Crippen LogP contribution < -0.4 is 45.5 Å². The lowest BCUT2D eigenvalue weighted by Gasteiger charge is -2.27. The molecular formula is C70H70F12N12O14S. The van der Waals surface area contributed by atoms with Gasteiger partial charge in [0.25, 0.3) is 33.7 Å². The summed E-state index contributed by atoms with van der Waals surface area (Å²) in [6, 6.07) is 28.0. The Morgan fingerprint density at radius 3 is 1.08 bits per heavy atom. The van der Waals surface area contributed by atoms with E-state index in [4.69, 9.17) is 19.6 Å². The zero-order chi connectivity index (χ0) is 79.4. The molecule has 4 aromatic carbocycles. The number of carbonyl (C=O) groups excluding carboxylic acids is 5. The number of carbonyl (C=O) groups is 5. The molecule has 109 heavy (non-hydrogen) atoms. The molecule has 39 heteroatoms. The molecule has 4 aliphatic rings. The smallest absolute Gasteiger partial charge is 0.444 e. The molecule has 584 valence electrons. The van der Waals surface area contributed by atoms with E-state index in [0.29, 0.717) is 119 Å². The minimum atomic E-state index is -4.80. The van der Waals surface area contributed by atoms with Crippen LogP contribution in [0.25, 0.3) is 55.0 Å². The van der Waals surface area contributed by atoms with Crippen LogP contribution in [0, 0.1) is 0 Å². The van der Waals surface area contributed by atoms with Gasteiger partial charge in [-0.2, -0.15) is 8.42 Å². The van der Waals surface area contributed by atoms with E-state index in [1.165, 1.54) is 72.8 Å². The van der Waals surface area contributed by atoms with Gasteiger partial charge in [0.05, 0.1) is 37.0 Å². The summed E-state index contributed by atoms with van der Waals surface area (Å²) in [5, 5.41) is 26.3. The summed E-state index contributed by atoms with van der Waals surface area (Å²) in [5.74, 6) is -2.46. The van der Waals surface area contributed by atoms with Gasteiger partial charge < -0.3 is 73.6 Å². The summed E-state index contributed by atoms with van der Waals surface area (Å²) in [4.78, 5) is 63.0. The van der Waals surface area contributed by atoms with E-state index in [1.807, 2.05) is 0 Å². The minimum Gasteiger partial charge on any atom is -0.444 e. The van der Waals surface area contributed by atoms with Gasteiger partial charge in [0, 0.05) is 97.8 Å². The number of rotatable bonds is 20. The van der Waals surface area contributed by atoms with Crippen molar-refractivity contribution in [1.29, 1.82) is 0 Å². The summed E-state index contributed by atoms with van der Waals surface area (Å²) >= 11 is 0. The Hall–Kier alpha value is -11.3. The average molecular weight is 1560 g/mol. The molecule has 4 unspecified atom stereocenters. The molecular weight excluding hydrogens is 1490 g/mol. The van der Waals surface area contributed by atoms with Crippen molar-refractivity contribution in [2.24, 2.45) is 5.11 Å². The van der Waals surface area contributed by atoms with E-state index in [-0.39, 0.29) is 97.1 Å². The number of ether oxygens (including phenoxy) is 5. The molecule has 0 saturated heterocycles. The lowest BCUT2D eigenvalue weighted by Crippen LogP contribution is -2.40. The fourth-order valence-corrected chi connectivity index (χ4v) is 12.3. The molecule has 6 N–H and O–H groups in total. The number of benzene rings is 4. The Kier molecular flexibility index (Phi) is 25.7. The number of aliphatic hydroxyl groups is 1. The number of hydrogen-bond acceptors (Lipinski definition) is 15. The van der Waals surface area contributed by atoms with Gasteiger partial charge in [-0.1, -0.05) is 53.6 Å². The number of alkyl carbamates (subject to hydrolysis) is 1. The normalized spacial score (nSPS) is 16.8. The SMILES string of the molecule is CC(C)(C)OC(=O)NCCC1CNC(=O)c2cc(-c3cccc(OC(F)(F)F)c3)cn21.CS(=O)(=O)OCCC1CNC(=O)c2cc(-c3cccc(OC(F)(F)F)c3)cn21.O=C1NCC(CCO)n2cc(-c3cccc(OC(F)(F)F)c3)cc21.[N-]=[N+]=NCCC1CNC(=O)c2cc(-c3cccc(OC(F)(F)F)c3)cn21. The van der Waals surface area contributed by atoms with Crippen molar-refractivity contribution in [3.63, 3.8) is 0 Å². The first kappa shape index (κ1) is 81.8. The van der Waals surface area contributed by atoms with Gasteiger partial charge in [-0.25, -0.2) is 4.79 Å². The molecule has 0 bridgehead atoms. The largest absolute Gasteiger partial charge is 0.573 e. The second-order valence-corrected chi connectivity index (χ2v) is 27.3. The van der Waals surface area contributed by atoms with Gasteiger partial charge in [-0.05, 0) is 147 Å². The number of nitrogens with zero attached hydrogens (tertiary/aromatic N) is 7. The van der Waals surface area contributed by atoms with Crippen molar-refractivity contribution in [3.05, 3.63) is 179 Å². The predicted octanol–water partition coefficient (Wildman–Crippen LogP) is 13.7. The average Bonchev–Trinajstić information content (AvgIpc) is 1.66. The Bertz CT molecular complexity index is 4750. The molecule has 0 spiro atoms. The number of amides is 5. The van der Waals surface area contributed by atoms with Crippen LogP contribution in [0.4, 0.5) is 57.5 Å². The van der Waals surface area contributed by atoms with E-state index in [1.54, 1.807) is 112 Å². The number of halogens is 12. The molecule has 0 aliphatic carbocycles. The van der Waals surface area contributed by atoms with Crippen LogP contribution in [0.15, 0.2) is 151 Å². The maximum absolute atomic E-state index is 12.5. The molecule has 0 fully saturated rings. The summed E-state index contributed by atoms with van der Waals surface area (Å²) < 4.78 is 204. The standard InChI is InChI=1S/C21H24F3N3O4.C17H17F3N2O5S.C16H14F3N5O2.C16H15F3N2O3/c1-20(2,3)31-19(29)25-8-7-15-11-26-18(28)17-10-14(12-27(15)17)13-5-4-6-16(9-13)30-21(22,23)24;1-28(24,25)26-6-5-13-9-21-16(23)15-8-12(10-22(13)15)11-3-2-4-14(7-11)27-17(18,19)20;17-16(18,19)26-13-3-1-2-10(6-13)11-7-14-15(25)21-8-12(24(14)9-11)4-5-22-23-20;17-16(18,19)24-13-3-1-2-10(6-13)11-7-14-15(23)20-8-12(4-5-22)21(14)9-11/h4-6,9-10,12,15H,7-8,11H2,1-3H3,(H,25,29)(H,26,28);2-4,7-8,10,13H,5-6,9H2,1H3,(H,21,23);1-3,6-7,9,12H,4-5,8H2,(H,21,25);1-3,6-7,9,12,22H,4-5,8H2,(H,20,23). The van der Waals surface area contributed by atoms with Crippen LogP contribution in [0.5, 0.6) is 23.0 Å². The fraction of sp³-hybridized carbons (Fsp3) is 0.357. The van der Waals surface area contributed by atoms with E-state index >= 15 is 0 Å². The van der Waals surface area contributed by atoms with Gasteiger partial charge >= 0.3 is 31.5 Å². The lowest BCUT2D eigenvalue weighted by atomic mass is 10.1. The van der Waals surface area contributed by atoms with Gasteiger partial charge in [0.2, 0.25) is 0 Å². The van der Waals surface area contributed by atoms with Crippen LogP contribution in [-0.2, 0) is 19.0 Å². The summed E-state index contributed by atoms with van der Waals surface area (Å²) in [5.41, 5.74) is 13.6. The molecule has 4 atom stereocenters. The molecule has 26 nitrogen and oxygen atoms in total. The van der Waals surface area contributed by atoms with Gasteiger partial charge in [-0.15, -0.1) is 52.7 Å². The number of alkyl halides is 12. The number of fused-ring (bicyclic) bond motifs is 4. The molecule has 0 radical (unpaired) electrons. The second-order valence-electron chi connectivity index (χ2n) is 25.6. The quantitative estimate of drug-likeness (QED) is 0.0136. The number of aliphatic hydroxyl groups excluding tert-OH is 1. The Morgan fingerprint density at radius 2 is 0.798 bits per heavy atom. The summed E-state index contributed by atoms with van der Waals surface area (Å²) in [6.45, 7) is 7.27. The van der Waals surface area contributed by atoms with Gasteiger partial charge in [-0.3, -0.25) is 23.4 Å². The van der Waals surface area contributed by atoms with Crippen LogP contribution in [0.2, 0.25) is 0 Å². The number of nitrogens with one attached hydrogen (secondary N) is 5. The topological polar surface area (TPSA) is 324 Å². The van der Waals surface area contributed by atoms with Crippen molar-refractivity contribution in [3.8, 4) is 67.5 Å². The van der Waals surface area contributed by atoms with Gasteiger partial charge in [0.15, 0.2) is 0 Å². The predicted molar refractivity (Wildman–Crippen MR) is 366 cm³/mol. The fourth-order valence-electron chi connectivity index (χ4n) is 11.9. The van der Waals surface area contributed by atoms with E-state index in [9.17, 15) is 85.1 Å². The Labute approximate surface area is 612 Å². The molecule has 8 heterocycles. The van der Waals surface area contributed by atoms with Crippen molar-refractivity contribution < 1.29 is 118 Å². The van der Waals surface area contributed by atoms with Crippen LogP contribution in [0.3, 0.4) is 0 Å². The molecule has 8 aromatic rings. The third kappa shape index (κ3) is 23.8. The van der Waals surface area contributed by atoms with Crippen LogP contribution in [-0.4, -0.2) is 151 Å².